The maximum atomic E-state index is 9.93. The number of hydrogen-bond acceptors (Lipinski definition) is 4. The molecule has 1 rings (SSSR count). The fraction of sp³-hybridized carbons (Fsp3) is 1.00. The first kappa shape index (κ1) is 18.9. The number of nitrogens with zero attached hydrogens (tertiary/aromatic N) is 2. The van der Waals surface area contributed by atoms with E-state index in [4.69, 9.17) is 0 Å². The lowest BCUT2D eigenvalue weighted by Crippen LogP contribution is -2.53. The van der Waals surface area contributed by atoms with E-state index in [0.29, 0.717) is 5.41 Å². The van der Waals surface area contributed by atoms with Crippen LogP contribution in [0.15, 0.2) is 0 Å². The molecule has 2 N–H and O–H groups in total. The van der Waals surface area contributed by atoms with E-state index in [9.17, 15) is 5.11 Å². The maximum Gasteiger partial charge on any atom is 0.0718 e. The Kier molecular flexibility index (Phi) is 7.62. The minimum absolute atomic E-state index is 0.378. The standard InChI is InChI=1S/C17H37N3O/c1-6-8-17(5,13-18-7-2)15-20-11-9-19(10-12-20)14-16(3,4)21/h18,21H,6-15H2,1-5H3. The number of piperazine rings is 1. The molecule has 1 fully saturated rings. The Bertz CT molecular complexity index is 282. The lowest BCUT2D eigenvalue weighted by molar-refractivity contribution is 0.0110. The van der Waals surface area contributed by atoms with Crippen LogP contribution in [0, 0.1) is 5.41 Å². The van der Waals surface area contributed by atoms with Gasteiger partial charge in [-0.3, -0.25) is 4.90 Å². The molecule has 0 aromatic heterocycles. The zero-order valence-corrected chi connectivity index (χ0v) is 14.9. The summed E-state index contributed by atoms with van der Waals surface area (Å²) in [6.07, 6.45) is 2.53. The Balaban J connectivity index is 2.41. The quantitative estimate of drug-likeness (QED) is 0.681. The Hall–Kier alpha value is -0.160. The highest BCUT2D eigenvalue weighted by Crippen LogP contribution is 2.24. The van der Waals surface area contributed by atoms with E-state index >= 15 is 0 Å². The Morgan fingerprint density at radius 3 is 1.90 bits per heavy atom. The summed E-state index contributed by atoms with van der Waals surface area (Å²) < 4.78 is 0. The summed E-state index contributed by atoms with van der Waals surface area (Å²) in [5.41, 5.74) is -0.201. The predicted octanol–water partition coefficient (Wildman–Crippen LogP) is 1.79. The number of hydrogen-bond donors (Lipinski definition) is 2. The van der Waals surface area contributed by atoms with Crippen LogP contribution in [0.3, 0.4) is 0 Å². The molecule has 0 spiro atoms. The molecule has 0 aromatic rings. The second-order valence-electron chi connectivity index (χ2n) is 7.71. The topological polar surface area (TPSA) is 38.7 Å². The molecule has 1 saturated heterocycles. The van der Waals surface area contributed by atoms with Crippen molar-refractivity contribution in [1.29, 1.82) is 0 Å². The van der Waals surface area contributed by atoms with Crippen molar-refractivity contribution in [3.8, 4) is 0 Å². The van der Waals surface area contributed by atoms with E-state index in [1.165, 1.54) is 19.4 Å². The molecule has 4 nitrogen and oxygen atoms in total. The van der Waals surface area contributed by atoms with Crippen LogP contribution in [0.1, 0.15) is 47.5 Å². The van der Waals surface area contributed by atoms with Gasteiger partial charge in [0.05, 0.1) is 5.60 Å². The van der Waals surface area contributed by atoms with Gasteiger partial charge in [-0.2, -0.15) is 0 Å². The molecule has 0 saturated carbocycles. The molecule has 4 heteroatoms. The van der Waals surface area contributed by atoms with Crippen LogP contribution in [0.4, 0.5) is 0 Å². The van der Waals surface area contributed by atoms with E-state index in [0.717, 1.165) is 45.8 Å². The van der Waals surface area contributed by atoms with Crippen LogP contribution in [-0.4, -0.2) is 72.9 Å². The summed E-state index contributed by atoms with van der Waals surface area (Å²) in [5.74, 6) is 0. The Labute approximate surface area is 131 Å². The summed E-state index contributed by atoms with van der Waals surface area (Å²) in [6.45, 7) is 19.2. The van der Waals surface area contributed by atoms with E-state index in [1.807, 2.05) is 13.8 Å². The average molecular weight is 300 g/mol. The zero-order valence-electron chi connectivity index (χ0n) is 14.9. The van der Waals surface area contributed by atoms with Crippen molar-refractivity contribution < 1.29 is 5.11 Å². The van der Waals surface area contributed by atoms with Gasteiger partial charge in [0.2, 0.25) is 0 Å². The minimum Gasteiger partial charge on any atom is -0.389 e. The van der Waals surface area contributed by atoms with Crippen molar-refractivity contribution in [3.63, 3.8) is 0 Å². The molecule has 1 atom stereocenters. The lowest BCUT2D eigenvalue weighted by atomic mass is 9.84. The van der Waals surface area contributed by atoms with Gasteiger partial charge in [0.15, 0.2) is 0 Å². The van der Waals surface area contributed by atoms with E-state index in [2.05, 4.69) is 35.9 Å². The van der Waals surface area contributed by atoms with Crippen LogP contribution in [0.25, 0.3) is 0 Å². The SMILES string of the molecule is CCCC(C)(CNCC)CN1CCN(CC(C)(C)O)CC1. The molecule has 0 aromatic carbocycles. The first-order chi connectivity index (χ1) is 9.78. The van der Waals surface area contributed by atoms with Gasteiger partial charge in [-0.25, -0.2) is 0 Å². The predicted molar refractivity (Wildman–Crippen MR) is 90.7 cm³/mol. The number of rotatable bonds is 9. The van der Waals surface area contributed by atoms with Gasteiger partial charge >= 0.3 is 0 Å². The first-order valence-electron chi connectivity index (χ1n) is 8.66. The van der Waals surface area contributed by atoms with Crippen LogP contribution in [-0.2, 0) is 0 Å². The molecule has 0 amide bonds. The summed E-state index contributed by atoms with van der Waals surface area (Å²) in [6, 6.07) is 0. The van der Waals surface area contributed by atoms with Gasteiger partial charge in [0, 0.05) is 45.8 Å². The van der Waals surface area contributed by atoms with Gasteiger partial charge in [-0.1, -0.05) is 27.2 Å². The van der Waals surface area contributed by atoms with E-state index < -0.39 is 5.60 Å². The van der Waals surface area contributed by atoms with Gasteiger partial charge < -0.3 is 15.3 Å². The summed E-state index contributed by atoms with van der Waals surface area (Å²) in [5, 5.41) is 13.5. The molecule has 0 bridgehead atoms. The summed E-state index contributed by atoms with van der Waals surface area (Å²) in [7, 11) is 0. The molecule has 126 valence electrons. The van der Waals surface area contributed by atoms with Gasteiger partial charge in [-0.15, -0.1) is 0 Å². The van der Waals surface area contributed by atoms with Crippen molar-refractivity contribution in [2.75, 3.05) is 52.4 Å². The normalized spacial score (nSPS) is 21.4. The van der Waals surface area contributed by atoms with Crippen molar-refractivity contribution >= 4 is 0 Å². The fourth-order valence-corrected chi connectivity index (χ4v) is 3.45. The number of β-amino-alcohol motifs (C(OH)–C–C–N with tert-alkyl or cyclic N) is 1. The third-order valence-corrected chi connectivity index (χ3v) is 4.34. The molecule has 0 aliphatic carbocycles. The minimum atomic E-state index is -0.579. The maximum absolute atomic E-state index is 9.93. The molecular formula is C17H37N3O. The highest BCUT2D eigenvalue weighted by atomic mass is 16.3. The van der Waals surface area contributed by atoms with Crippen molar-refractivity contribution in [2.24, 2.45) is 5.41 Å². The molecule has 0 radical (unpaired) electrons. The molecule has 1 aliphatic heterocycles. The Morgan fingerprint density at radius 2 is 1.48 bits per heavy atom. The smallest absolute Gasteiger partial charge is 0.0718 e. The van der Waals surface area contributed by atoms with Crippen LogP contribution < -0.4 is 5.32 Å². The highest BCUT2D eigenvalue weighted by molar-refractivity contribution is 4.84. The molecule has 21 heavy (non-hydrogen) atoms. The highest BCUT2D eigenvalue weighted by Gasteiger charge is 2.29. The first-order valence-corrected chi connectivity index (χ1v) is 8.66. The van der Waals surface area contributed by atoms with E-state index in [-0.39, 0.29) is 0 Å². The fourth-order valence-electron chi connectivity index (χ4n) is 3.45. The molecule has 1 unspecified atom stereocenters. The summed E-state index contributed by atoms with van der Waals surface area (Å²) in [4.78, 5) is 4.99. The zero-order chi connectivity index (χ0) is 15.9. The lowest BCUT2D eigenvalue weighted by Gasteiger charge is -2.41. The molecule has 1 heterocycles. The van der Waals surface area contributed by atoms with Crippen molar-refractivity contribution in [2.45, 2.75) is 53.1 Å². The molecule has 1 aliphatic rings. The third-order valence-electron chi connectivity index (χ3n) is 4.34. The second-order valence-corrected chi connectivity index (χ2v) is 7.71. The third kappa shape index (κ3) is 7.59. The molecular weight excluding hydrogens is 262 g/mol. The monoisotopic (exact) mass is 299 g/mol. The summed E-state index contributed by atoms with van der Waals surface area (Å²) >= 11 is 0. The number of nitrogens with one attached hydrogen (secondary N) is 1. The number of aliphatic hydroxyl groups is 1. The Morgan fingerprint density at radius 1 is 0.952 bits per heavy atom. The van der Waals surface area contributed by atoms with Crippen LogP contribution in [0.5, 0.6) is 0 Å². The largest absolute Gasteiger partial charge is 0.389 e. The van der Waals surface area contributed by atoms with Gasteiger partial charge in [-0.05, 0) is 32.2 Å². The van der Waals surface area contributed by atoms with Crippen LogP contribution >= 0.6 is 0 Å². The van der Waals surface area contributed by atoms with Gasteiger partial charge in [0.25, 0.3) is 0 Å². The van der Waals surface area contributed by atoms with Gasteiger partial charge in [0.1, 0.15) is 0 Å². The van der Waals surface area contributed by atoms with Crippen molar-refractivity contribution in [3.05, 3.63) is 0 Å². The average Bonchev–Trinajstić information content (AvgIpc) is 2.37. The van der Waals surface area contributed by atoms with Crippen molar-refractivity contribution in [1.82, 2.24) is 15.1 Å². The van der Waals surface area contributed by atoms with E-state index in [1.54, 1.807) is 0 Å². The van der Waals surface area contributed by atoms with Crippen LogP contribution in [0.2, 0.25) is 0 Å². The second kappa shape index (κ2) is 8.47.